The van der Waals surface area contributed by atoms with Crippen molar-refractivity contribution in [3.63, 3.8) is 0 Å². The molecule has 27 heavy (non-hydrogen) atoms. The summed E-state index contributed by atoms with van der Waals surface area (Å²) in [6, 6.07) is 17.5. The molecule has 3 rings (SSSR count). The van der Waals surface area contributed by atoms with Crippen molar-refractivity contribution in [3.05, 3.63) is 59.7 Å². The van der Waals surface area contributed by atoms with E-state index < -0.39 is 0 Å². The lowest BCUT2D eigenvalue weighted by molar-refractivity contribution is 0.189. The maximum atomic E-state index is 9.02. The van der Waals surface area contributed by atoms with Gasteiger partial charge < -0.3 is 15.2 Å². The molecule has 0 amide bonds. The van der Waals surface area contributed by atoms with Gasteiger partial charge in [0.25, 0.3) is 0 Å². The number of aliphatic hydroxyl groups excluding tert-OH is 1. The molecule has 146 valence electrons. The predicted octanol–water partition coefficient (Wildman–Crippen LogP) is 4.26. The molecule has 0 aliphatic carbocycles. The van der Waals surface area contributed by atoms with Gasteiger partial charge in [-0.15, -0.1) is 0 Å². The lowest BCUT2D eigenvalue weighted by Gasteiger charge is -2.34. The number of benzene rings is 2. The molecule has 0 unspecified atom stereocenters. The van der Waals surface area contributed by atoms with Crippen molar-refractivity contribution in [1.82, 2.24) is 4.90 Å². The maximum absolute atomic E-state index is 9.02. The first-order chi connectivity index (χ1) is 13.2. The zero-order valence-corrected chi connectivity index (χ0v) is 16.5. The summed E-state index contributed by atoms with van der Waals surface area (Å²) < 4.78 is 5.69. The van der Waals surface area contributed by atoms with Crippen molar-refractivity contribution in [2.24, 2.45) is 0 Å². The van der Waals surface area contributed by atoms with Gasteiger partial charge in [-0.3, -0.25) is 4.90 Å². The van der Waals surface area contributed by atoms with E-state index in [1.54, 1.807) is 0 Å². The summed E-state index contributed by atoms with van der Waals surface area (Å²) in [5.41, 5.74) is 3.77. The smallest absolute Gasteiger partial charge is 0.123 e. The van der Waals surface area contributed by atoms with E-state index in [2.05, 4.69) is 60.5 Å². The molecule has 1 heterocycles. The second-order valence-electron chi connectivity index (χ2n) is 7.68. The number of nitrogens with one attached hydrogen (secondary N) is 1. The molecule has 1 fully saturated rings. The molecule has 2 aromatic carbocycles. The third-order valence-corrected chi connectivity index (χ3v) is 5.17. The first-order valence-corrected chi connectivity index (χ1v) is 10.1. The Hall–Kier alpha value is -2.04. The van der Waals surface area contributed by atoms with Gasteiger partial charge in [0, 0.05) is 30.4 Å². The largest absolute Gasteiger partial charge is 0.491 e. The summed E-state index contributed by atoms with van der Waals surface area (Å²) in [6.07, 6.45) is 2.40. The van der Waals surface area contributed by atoms with Gasteiger partial charge in [0.05, 0.1) is 6.61 Å². The Morgan fingerprint density at radius 2 is 1.93 bits per heavy atom. The zero-order chi connectivity index (χ0) is 19.1. The number of likely N-dealkylation sites (tertiary alicyclic amines) is 1. The fourth-order valence-electron chi connectivity index (χ4n) is 3.69. The number of aliphatic hydroxyl groups is 1. The van der Waals surface area contributed by atoms with Crippen LogP contribution in [0.25, 0.3) is 0 Å². The number of anilines is 1. The molecule has 1 saturated heterocycles. The number of nitrogens with zero attached hydrogens (tertiary/aromatic N) is 1. The Labute approximate surface area is 163 Å². The average Bonchev–Trinajstić information content (AvgIpc) is 2.68. The van der Waals surface area contributed by atoms with Crippen LogP contribution < -0.4 is 10.1 Å². The summed E-state index contributed by atoms with van der Waals surface area (Å²) in [6.45, 7) is 7.85. The summed E-state index contributed by atoms with van der Waals surface area (Å²) in [4.78, 5) is 2.49. The summed E-state index contributed by atoms with van der Waals surface area (Å²) >= 11 is 0. The SMILES string of the molecule is CC(C)c1ccc(N[C@@H]2CCCN(Cc3ccccc3OCCO)C2)cc1. The fourth-order valence-corrected chi connectivity index (χ4v) is 3.69. The molecular formula is C23H32N2O2. The highest BCUT2D eigenvalue weighted by molar-refractivity contribution is 5.46. The summed E-state index contributed by atoms with van der Waals surface area (Å²) in [5, 5.41) is 12.7. The van der Waals surface area contributed by atoms with E-state index in [0.717, 1.165) is 25.4 Å². The van der Waals surface area contributed by atoms with Gasteiger partial charge in [-0.05, 0) is 49.1 Å². The molecule has 1 atom stereocenters. The van der Waals surface area contributed by atoms with Gasteiger partial charge in [0.15, 0.2) is 0 Å². The Morgan fingerprint density at radius 1 is 1.15 bits per heavy atom. The lowest BCUT2D eigenvalue weighted by atomic mass is 10.0. The minimum absolute atomic E-state index is 0.0413. The Balaban J connectivity index is 1.58. The third-order valence-electron chi connectivity index (χ3n) is 5.17. The van der Waals surface area contributed by atoms with Crippen LogP contribution in [0.2, 0.25) is 0 Å². The van der Waals surface area contributed by atoms with Gasteiger partial charge >= 0.3 is 0 Å². The molecule has 1 aliphatic rings. The number of piperidine rings is 1. The predicted molar refractivity (Wildman–Crippen MR) is 111 cm³/mol. The minimum atomic E-state index is 0.0413. The fraction of sp³-hybridized carbons (Fsp3) is 0.478. The molecular weight excluding hydrogens is 336 g/mol. The molecule has 4 nitrogen and oxygen atoms in total. The number of hydrogen-bond acceptors (Lipinski definition) is 4. The molecule has 0 radical (unpaired) electrons. The van der Waals surface area contributed by atoms with Gasteiger partial charge in [-0.1, -0.05) is 44.2 Å². The first-order valence-electron chi connectivity index (χ1n) is 10.1. The van der Waals surface area contributed by atoms with E-state index in [0.29, 0.717) is 18.6 Å². The lowest BCUT2D eigenvalue weighted by Crippen LogP contribution is -2.41. The average molecular weight is 369 g/mol. The highest BCUT2D eigenvalue weighted by atomic mass is 16.5. The van der Waals surface area contributed by atoms with Crippen LogP contribution >= 0.6 is 0 Å². The topological polar surface area (TPSA) is 44.7 Å². The molecule has 0 bridgehead atoms. The molecule has 4 heteroatoms. The van der Waals surface area contributed by atoms with Crippen molar-refractivity contribution in [2.75, 3.05) is 31.6 Å². The molecule has 2 aromatic rings. The second kappa shape index (κ2) is 9.77. The van der Waals surface area contributed by atoms with Crippen LogP contribution in [-0.4, -0.2) is 42.4 Å². The van der Waals surface area contributed by atoms with Crippen LogP contribution in [0.3, 0.4) is 0 Å². The third kappa shape index (κ3) is 5.72. The highest BCUT2D eigenvalue weighted by Gasteiger charge is 2.20. The number of hydrogen-bond donors (Lipinski definition) is 2. The van der Waals surface area contributed by atoms with Crippen LogP contribution in [0.15, 0.2) is 48.5 Å². The number of rotatable bonds is 8. The molecule has 0 aromatic heterocycles. The highest BCUT2D eigenvalue weighted by Crippen LogP contribution is 2.24. The van der Waals surface area contributed by atoms with Crippen molar-refractivity contribution < 1.29 is 9.84 Å². The van der Waals surface area contributed by atoms with Gasteiger partial charge in [-0.25, -0.2) is 0 Å². The van der Waals surface area contributed by atoms with Crippen LogP contribution in [0.5, 0.6) is 5.75 Å². The molecule has 0 spiro atoms. The van der Waals surface area contributed by atoms with Crippen LogP contribution in [0, 0.1) is 0 Å². The summed E-state index contributed by atoms with van der Waals surface area (Å²) in [5.74, 6) is 1.45. The van der Waals surface area contributed by atoms with Gasteiger partial charge in [0.2, 0.25) is 0 Å². The number of ether oxygens (including phenoxy) is 1. The Bertz CT molecular complexity index is 700. The monoisotopic (exact) mass is 368 g/mol. The van der Waals surface area contributed by atoms with Crippen LogP contribution in [0.1, 0.15) is 43.7 Å². The van der Waals surface area contributed by atoms with Crippen LogP contribution in [0.4, 0.5) is 5.69 Å². The second-order valence-corrected chi connectivity index (χ2v) is 7.68. The van der Waals surface area contributed by atoms with Crippen molar-refractivity contribution >= 4 is 5.69 Å². The van der Waals surface area contributed by atoms with E-state index in [9.17, 15) is 0 Å². The Kier molecular flexibility index (Phi) is 7.13. The van der Waals surface area contributed by atoms with Gasteiger partial charge in [-0.2, -0.15) is 0 Å². The van der Waals surface area contributed by atoms with Crippen molar-refractivity contribution in [2.45, 2.75) is 45.2 Å². The van der Waals surface area contributed by atoms with Crippen molar-refractivity contribution in [1.29, 1.82) is 0 Å². The van der Waals surface area contributed by atoms with E-state index in [1.807, 2.05) is 12.1 Å². The standard InChI is InChI=1S/C23H32N2O2/c1-18(2)19-9-11-21(12-10-19)24-22-7-5-13-25(17-22)16-20-6-3-4-8-23(20)27-15-14-26/h3-4,6,8-12,18,22,24,26H,5,7,13-17H2,1-2H3/t22-/m1/s1. The van der Waals surface area contributed by atoms with E-state index >= 15 is 0 Å². The Morgan fingerprint density at radius 3 is 2.67 bits per heavy atom. The first kappa shape index (κ1) is 19.7. The minimum Gasteiger partial charge on any atom is -0.491 e. The normalized spacial score (nSPS) is 17.9. The maximum Gasteiger partial charge on any atom is 0.123 e. The molecule has 0 saturated carbocycles. The molecule has 1 aliphatic heterocycles. The summed E-state index contributed by atoms with van der Waals surface area (Å²) in [7, 11) is 0. The van der Waals surface area contributed by atoms with Crippen LogP contribution in [-0.2, 0) is 6.54 Å². The van der Waals surface area contributed by atoms with Gasteiger partial charge in [0.1, 0.15) is 12.4 Å². The van der Waals surface area contributed by atoms with E-state index in [-0.39, 0.29) is 6.61 Å². The number of para-hydroxylation sites is 1. The molecule has 2 N–H and O–H groups in total. The van der Waals surface area contributed by atoms with E-state index in [1.165, 1.54) is 29.7 Å². The quantitative estimate of drug-likeness (QED) is 0.731. The zero-order valence-electron chi connectivity index (χ0n) is 16.5. The van der Waals surface area contributed by atoms with E-state index in [4.69, 9.17) is 9.84 Å². The van der Waals surface area contributed by atoms with Crippen molar-refractivity contribution in [3.8, 4) is 5.75 Å².